The van der Waals surface area contributed by atoms with E-state index in [-0.39, 0.29) is 18.9 Å². The minimum atomic E-state index is -2.42. The fourth-order valence-corrected chi connectivity index (χ4v) is 1.79. The predicted molar refractivity (Wildman–Crippen MR) is 55.4 cm³/mol. The van der Waals surface area contributed by atoms with Crippen molar-refractivity contribution >= 4 is 44.9 Å². The monoisotopic (exact) mass is 201 g/mol. The summed E-state index contributed by atoms with van der Waals surface area (Å²) in [6.07, 6.45) is 0.713. The van der Waals surface area contributed by atoms with Crippen LogP contribution in [0.15, 0.2) is 0 Å². The molecule has 0 spiro atoms. The Labute approximate surface area is 92.3 Å². The molecular weight excluding hydrogens is 187 g/mol. The van der Waals surface area contributed by atoms with E-state index in [4.69, 9.17) is 25.5 Å². The van der Waals surface area contributed by atoms with Gasteiger partial charge in [0.2, 0.25) is 0 Å². The van der Waals surface area contributed by atoms with Gasteiger partial charge in [-0.2, -0.15) is 0 Å². The van der Waals surface area contributed by atoms with E-state index in [0.29, 0.717) is 11.5 Å². The summed E-state index contributed by atoms with van der Waals surface area (Å²) in [4.78, 5) is 0. The fourth-order valence-electron chi connectivity index (χ4n) is 0.446. The van der Waals surface area contributed by atoms with Crippen LogP contribution in [-0.2, 0) is 13.3 Å². The molecule has 0 aromatic rings. The van der Waals surface area contributed by atoms with Gasteiger partial charge in [0.25, 0.3) is 0 Å². The first-order valence-corrected chi connectivity index (χ1v) is 6.03. The molecule has 0 rings (SSSR count). The minimum Gasteiger partial charge on any atom is -0.495 e. The molecule has 0 atom stereocenters. The predicted octanol–water partition coefficient (Wildman–Crippen LogP) is 1.22. The molecule has 0 aromatic carbocycles. The molecule has 0 aliphatic heterocycles. The molecule has 0 aliphatic rings. The van der Waals surface area contributed by atoms with Crippen LogP contribution in [0.2, 0.25) is 6.55 Å². The Bertz CT molecular complexity index is 141. The van der Waals surface area contributed by atoms with Gasteiger partial charge < -0.3 is 13.3 Å². The van der Waals surface area contributed by atoms with E-state index < -0.39 is 8.80 Å². The summed E-state index contributed by atoms with van der Waals surface area (Å²) in [5.41, 5.74) is 0. The molecule has 0 aliphatic carbocycles. The van der Waals surface area contributed by atoms with Gasteiger partial charge in [-0.05, 0) is 12.2 Å². The summed E-state index contributed by atoms with van der Waals surface area (Å²) < 4.78 is 15.4. The molecule has 12 heavy (non-hydrogen) atoms. The molecule has 0 fully saturated rings. The molecule has 1 radical (unpaired) electrons. The molecule has 0 bridgehead atoms. The van der Waals surface area contributed by atoms with Gasteiger partial charge in [-0.25, -0.2) is 0 Å². The Kier molecular flexibility index (Phi) is 8.90. The average molecular weight is 201 g/mol. The molecule has 6 heteroatoms. The Morgan fingerprint density at radius 3 is 2.00 bits per heavy atom. The van der Waals surface area contributed by atoms with Gasteiger partial charge in [0.15, 0.2) is 0 Å². The molecular formula is C6H14LiO3SSi. The van der Waals surface area contributed by atoms with E-state index in [1.165, 1.54) is 0 Å². The van der Waals surface area contributed by atoms with Crippen LogP contribution < -0.4 is 0 Å². The van der Waals surface area contributed by atoms with Crippen molar-refractivity contribution in [2.45, 2.75) is 19.9 Å². The molecule has 0 N–H and O–H groups in total. The summed E-state index contributed by atoms with van der Waals surface area (Å²) in [6, 6.07) is 0. The zero-order valence-corrected chi connectivity index (χ0v) is 10.2. The van der Waals surface area contributed by atoms with Gasteiger partial charge in [-0.3, -0.25) is 0 Å². The summed E-state index contributed by atoms with van der Waals surface area (Å²) in [6.45, 7) is 3.73. The van der Waals surface area contributed by atoms with Gasteiger partial charge in [-0.15, -0.1) is 0 Å². The second kappa shape index (κ2) is 7.07. The van der Waals surface area contributed by atoms with Crippen LogP contribution in [-0.4, -0.2) is 46.9 Å². The zero-order chi connectivity index (χ0) is 8.91. The van der Waals surface area contributed by atoms with Crippen LogP contribution in [0.1, 0.15) is 13.3 Å². The maximum absolute atomic E-state index is 5.31. The van der Waals surface area contributed by atoms with Crippen molar-refractivity contribution in [3.63, 3.8) is 0 Å². The fraction of sp³-hybridized carbons (Fsp3) is 0.833. The third kappa shape index (κ3) is 5.30. The number of rotatable bonds is 4. The summed E-state index contributed by atoms with van der Waals surface area (Å²) in [5.74, 6) is 0. The van der Waals surface area contributed by atoms with Gasteiger partial charge in [-0.1, -0.05) is 6.92 Å². The number of thiocarbonyl (C=S) groups is 1. The third-order valence-corrected chi connectivity index (χ3v) is 3.95. The van der Waals surface area contributed by atoms with E-state index in [0.717, 1.165) is 0 Å². The van der Waals surface area contributed by atoms with E-state index >= 15 is 0 Å². The van der Waals surface area contributed by atoms with Crippen molar-refractivity contribution in [3.8, 4) is 0 Å². The number of hydrogen-bond acceptors (Lipinski definition) is 4. The second-order valence-electron chi connectivity index (χ2n) is 2.10. The Morgan fingerprint density at radius 2 is 1.75 bits per heavy atom. The molecule has 67 valence electrons. The molecule has 0 unspecified atom stereocenters. The first kappa shape index (κ1) is 15.1. The van der Waals surface area contributed by atoms with E-state index in [1.807, 2.05) is 6.92 Å². The second-order valence-corrected chi connectivity index (χ2v) is 5.30. The molecule has 0 amide bonds. The SMILES string of the molecule is CCC(=S)O[Si](C)(OC)OC.[Li]. The maximum Gasteiger partial charge on any atom is 0.562 e. The molecule has 0 heterocycles. The molecule has 0 aromatic heterocycles. The van der Waals surface area contributed by atoms with Crippen molar-refractivity contribution in [2.75, 3.05) is 14.2 Å². The van der Waals surface area contributed by atoms with Gasteiger partial charge >= 0.3 is 8.80 Å². The van der Waals surface area contributed by atoms with Crippen LogP contribution >= 0.6 is 12.2 Å². The maximum atomic E-state index is 5.31. The smallest absolute Gasteiger partial charge is 0.495 e. The molecule has 0 saturated heterocycles. The largest absolute Gasteiger partial charge is 0.562 e. The first-order valence-electron chi connectivity index (χ1n) is 3.40. The van der Waals surface area contributed by atoms with Crippen LogP contribution in [0.4, 0.5) is 0 Å². The van der Waals surface area contributed by atoms with Crippen molar-refractivity contribution in [2.24, 2.45) is 0 Å². The Balaban J connectivity index is 0. The minimum absolute atomic E-state index is 0. The van der Waals surface area contributed by atoms with Crippen LogP contribution in [0.25, 0.3) is 0 Å². The zero-order valence-electron chi connectivity index (χ0n) is 8.34. The molecule has 3 nitrogen and oxygen atoms in total. The van der Waals surface area contributed by atoms with E-state index in [1.54, 1.807) is 20.8 Å². The normalized spacial score (nSPS) is 10.3. The first-order chi connectivity index (χ1) is 5.08. The average Bonchev–Trinajstić information content (AvgIpc) is 2.04. The van der Waals surface area contributed by atoms with Crippen LogP contribution in [0.5, 0.6) is 0 Å². The van der Waals surface area contributed by atoms with Crippen LogP contribution in [0.3, 0.4) is 0 Å². The topological polar surface area (TPSA) is 27.7 Å². The standard InChI is InChI=1S/C6H14O3SSi.Li/c1-5-6(10)9-11(4,7-2)8-3;/h5H2,1-4H3;. The van der Waals surface area contributed by atoms with Crippen molar-refractivity contribution in [3.05, 3.63) is 0 Å². The summed E-state index contributed by atoms with van der Waals surface area (Å²) >= 11 is 4.89. The summed E-state index contributed by atoms with van der Waals surface area (Å²) in [7, 11) is 0.704. The van der Waals surface area contributed by atoms with Crippen molar-refractivity contribution < 1.29 is 13.3 Å². The Hall–Kier alpha value is 0.624. The van der Waals surface area contributed by atoms with Gasteiger partial charge in [0.05, 0.1) is 0 Å². The number of hydrogen-bond donors (Lipinski definition) is 0. The van der Waals surface area contributed by atoms with E-state index in [2.05, 4.69) is 0 Å². The van der Waals surface area contributed by atoms with E-state index in [9.17, 15) is 0 Å². The van der Waals surface area contributed by atoms with Gasteiger partial charge in [0, 0.05) is 46.0 Å². The summed E-state index contributed by atoms with van der Waals surface area (Å²) in [5, 5.41) is 0.544. The van der Waals surface area contributed by atoms with Crippen molar-refractivity contribution in [1.82, 2.24) is 0 Å². The quantitative estimate of drug-likeness (QED) is 0.505. The van der Waals surface area contributed by atoms with Crippen LogP contribution in [0, 0.1) is 0 Å². The Morgan fingerprint density at radius 1 is 1.33 bits per heavy atom. The molecule has 0 saturated carbocycles. The van der Waals surface area contributed by atoms with Crippen molar-refractivity contribution in [1.29, 1.82) is 0 Å². The third-order valence-electron chi connectivity index (χ3n) is 1.33. The van der Waals surface area contributed by atoms with Gasteiger partial charge in [0.1, 0.15) is 5.05 Å².